The van der Waals surface area contributed by atoms with E-state index >= 15 is 0 Å². The Morgan fingerprint density at radius 3 is 2.90 bits per heavy atom. The van der Waals surface area contributed by atoms with E-state index in [0.29, 0.717) is 22.1 Å². The van der Waals surface area contributed by atoms with Gasteiger partial charge in [-0.1, -0.05) is 22.0 Å². The van der Waals surface area contributed by atoms with Gasteiger partial charge in [-0.2, -0.15) is 0 Å². The number of carboxylic acids is 1. The number of hydrogen-bond acceptors (Lipinski definition) is 4. The minimum Gasteiger partial charge on any atom is -0.481 e. The van der Waals surface area contributed by atoms with Crippen LogP contribution in [0.25, 0.3) is 0 Å². The normalized spacial score (nSPS) is 10.3. The Bertz CT molecular complexity index is 634. The Labute approximate surface area is 129 Å². The highest BCUT2D eigenvalue weighted by atomic mass is 79.9. The first-order valence-electron chi connectivity index (χ1n) is 5.75. The smallest absolute Gasteiger partial charge is 0.336 e. The van der Waals surface area contributed by atoms with Crippen LogP contribution in [0.1, 0.15) is 16.1 Å². The quantitative estimate of drug-likeness (QED) is 0.827. The van der Waals surface area contributed by atoms with Crippen molar-refractivity contribution in [3.8, 4) is 5.88 Å². The molecule has 0 spiro atoms. The zero-order valence-corrected chi connectivity index (χ0v) is 13.1. The molecular weight excluding hydrogens is 342 g/mol. The van der Waals surface area contributed by atoms with E-state index < -0.39 is 5.97 Å². The maximum atomic E-state index is 11.2. The summed E-state index contributed by atoms with van der Waals surface area (Å²) in [5, 5.41) is 9.17. The third-order valence-corrected chi connectivity index (χ3v) is 4.12. The summed E-state index contributed by atoms with van der Waals surface area (Å²) in [7, 11) is 1.57. The number of halogens is 1. The van der Waals surface area contributed by atoms with E-state index in [4.69, 9.17) is 4.74 Å². The lowest BCUT2D eigenvalue weighted by Crippen LogP contribution is -1.99. The maximum Gasteiger partial charge on any atom is 0.336 e. The average molecular weight is 354 g/mol. The Morgan fingerprint density at radius 1 is 1.40 bits per heavy atom. The van der Waals surface area contributed by atoms with Gasteiger partial charge in [-0.15, -0.1) is 11.8 Å². The zero-order valence-electron chi connectivity index (χ0n) is 10.7. The third kappa shape index (κ3) is 3.74. The topological polar surface area (TPSA) is 59.4 Å². The minimum atomic E-state index is -0.932. The fraction of sp³-hybridized carbons (Fsp3) is 0.143. The highest BCUT2D eigenvalue weighted by Gasteiger charge is 2.11. The number of ether oxygens (including phenoxy) is 1. The Kier molecular flexibility index (Phi) is 5.03. The van der Waals surface area contributed by atoms with Gasteiger partial charge in [-0.3, -0.25) is 0 Å². The molecule has 1 N–H and O–H groups in total. The molecule has 0 aliphatic rings. The minimum absolute atomic E-state index is 0.293. The number of rotatable bonds is 5. The molecule has 0 aliphatic carbocycles. The van der Waals surface area contributed by atoms with Crippen molar-refractivity contribution in [2.24, 2.45) is 0 Å². The number of aromatic carboxylic acids is 1. The molecule has 2 aromatic rings. The molecule has 104 valence electrons. The molecule has 6 heteroatoms. The molecule has 20 heavy (non-hydrogen) atoms. The summed E-state index contributed by atoms with van der Waals surface area (Å²) in [6.45, 7) is 0. The van der Waals surface area contributed by atoms with Crippen LogP contribution in [0.15, 0.2) is 45.8 Å². The molecule has 0 bridgehead atoms. The van der Waals surface area contributed by atoms with Gasteiger partial charge >= 0.3 is 5.97 Å². The molecule has 2 rings (SSSR count). The van der Waals surface area contributed by atoms with Crippen molar-refractivity contribution < 1.29 is 14.6 Å². The van der Waals surface area contributed by atoms with Gasteiger partial charge in [-0.05, 0) is 24.3 Å². The van der Waals surface area contributed by atoms with E-state index in [0.717, 1.165) is 10.2 Å². The molecular formula is C14H12BrNO3S. The van der Waals surface area contributed by atoms with Crippen molar-refractivity contribution in [3.05, 3.63) is 52.1 Å². The van der Waals surface area contributed by atoms with E-state index in [-0.39, 0.29) is 0 Å². The molecule has 0 fully saturated rings. The summed E-state index contributed by atoms with van der Waals surface area (Å²) < 4.78 is 5.92. The maximum absolute atomic E-state index is 11.2. The fourth-order valence-corrected chi connectivity index (χ4v) is 3.09. The van der Waals surface area contributed by atoms with E-state index in [1.165, 1.54) is 11.8 Å². The number of thioether (sulfide) groups is 1. The predicted octanol–water partition coefficient (Wildman–Crippen LogP) is 3.84. The molecule has 1 heterocycles. The van der Waals surface area contributed by atoms with Crippen molar-refractivity contribution in [2.75, 3.05) is 7.11 Å². The molecule has 0 saturated carbocycles. The molecule has 0 atom stereocenters. The van der Waals surface area contributed by atoms with Crippen molar-refractivity contribution in [3.63, 3.8) is 0 Å². The van der Waals surface area contributed by atoms with Crippen LogP contribution in [0.4, 0.5) is 0 Å². The first-order chi connectivity index (χ1) is 9.60. The third-order valence-electron chi connectivity index (χ3n) is 2.54. The molecule has 0 aliphatic heterocycles. The molecule has 0 radical (unpaired) electrons. The van der Waals surface area contributed by atoms with Crippen LogP contribution in [0.3, 0.4) is 0 Å². The number of methoxy groups -OCH3 is 1. The van der Waals surface area contributed by atoms with Gasteiger partial charge < -0.3 is 9.84 Å². The first-order valence-corrected chi connectivity index (χ1v) is 7.53. The Balaban J connectivity index is 2.17. The molecule has 4 nitrogen and oxygen atoms in total. The number of carboxylic acid groups (broad SMARTS) is 1. The zero-order chi connectivity index (χ0) is 14.5. The van der Waals surface area contributed by atoms with Crippen LogP contribution in [-0.2, 0) is 5.75 Å². The van der Waals surface area contributed by atoms with Crippen LogP contribution in [-0.4, -0.2) is 23.2 Å². The summed E-state index contributed by atoms with van der Waals surface area (Å²) in [4.78, 5) is 16.2. The van der Waals surface area contributed by atoms with Crippen LogP contribution < -0.4 is 4.74 Å². The lowest BCUT2D eigenvalue weighted by molar-refractivity contribution is 0.0693. The fourth-order valence-electron chi connectivity index (χ4n) is 1.60. The number of aromatic nitrogens is 1. The number of carbonyl (C=O) groups is 1. The van der Waals surface area contributed by atoms with E-state index in [2.05, 4.69) is 20.9 Å². The summed E-state index contributed by atoms with van der Waals surface area (Å²) in [5.41, 5.74) is 1.13. The number of nitrogens with zero attached hydrogens (tertiary/aromatic N) is 1. The van der Waals surface area contributed by atoms with Gasteiger partial charge in [0.1, 0.15) is 0 Å². The van der Waals surface area contributed by atoms with Gasteiger partial charge in [0, 0.05) is 21.2 Å². The van der Waals surface area contributed by atoms with Crippen molar-refractivity contribution in [1.82, 2.24) is 4.98 Å². The molecule has 1 aromatic heterocycles. The lowest BCUT2D eigenvalue weighted by atomic mass is 10.2. The number of hydrogen-bond donors (Lipinski definition) is 1. The van der Waals surface area contributed by atoms with Crippen LogP contribution in [0, 0.1) is 0 Å². The standard InChI is InChI=1S/C14H12BrNO3S/c1-19-13-4-2-3-10(16-13)8-20-12-7-9(15)5-6-11(12)14(17)18/h2-7H,8H2,1H3,(H,17,18). The predicted molar refractivity (Wildman–Crippen MR) is 81.5 cm³/mol. The van der Waals surface area contributed by atoms with Crippen LogP contribution in [0.2, 0.25) is 0 Å². The van der Waals surface area contributed by atoms with E-state index in [9.17, 15) is 9.90 Å². The molecule has 1 aromatic carbocycles. The summed E-state index contributed by atoms with van der Waals surface area (Å²) in [6.07, 6.45) is 0. The Morgan fingerprint density at radius 2 is 2.20 bits per heavy atom. The van der Waals surface area contributed by atoms with Gasteiger partial charge in [0.15, 0.2) is 0 Å². The van der Waals surface area contributed by atoms with E-state index in [1.54, 1.807) is 31.4 Å². The highest BCUT2D eigenvalue weighted by Crippen LogP contribution is 2.29. The van der Waals surface area contributed by atoms with Gasteiger partial charge in [0.25, 0.3) is 0 Å². The van der Waals surface area contributed by atoms with Crippen molar-refractivity contribution >= 4 is 33.7 Å². The summed E-state index contributed by atoms with van der Waals surface area (Å²) in [5.74, 6) is 0.197. The number of benzene rings is 1. The largest absolute Gasteiger partial charge is 0.481 e. The Hall–Kier alpha value is -1.53. The van der Waals surface area contributed by atoms with Crippen LogP contribution >= 0.6 is 27.7 Å². The monoisotopic (exact) mass is 353 g/mol. The molecule has 0 saturated heterocycles. The van der Waals surface area contributed by atoms with Crippen molar-refractivity contribution in [1.29, 1.82) is 0 Å². The average Bonchev–Trinajstić information content (AvgIpc) is 2.45. The second kappa shape index (κ2) is 6.76. The van der Waals surface area contributed by atoms with Crippen LogP contribution in [0.5, 0.6) is 5.88 Å². The van der Waals surface area contributed by atoms with Gasteiger partial charge in [-0.25, -0.2) is 9.78 Å². The second-order valence-electron chi connectivity index (χ2n) is 3.91. The number of pyridine rings is 1. The summed E-state index contributed by atoms with van der Waals surface area (Å²) >= 11 is 4.79. The van der Waals surface area contributed by atoms with E-state index in [1.807, 2.05) is 12.1 Å². The van der Waals surface area contributed by atoms with Gasteiger partial charge in [0.2, 0.25) is 5.88 Å². The summed E-state index contributed by atoms with van der Waals surface area (Å²) in [6, 6.07) is 10.6. The highest BCUT2D eigenvalue weighted by molar-refractivity contribution is 9.10. The lowest BCUT2D eigenvalue weighted by Gasteiger charge is -2.07. The first kappa shape index (κ1) is 14.9. The molecule has 0 amide bonds. The second-order valence-corrected chi connectivity index (χ2v) is 5.84. The molecule has 0 unspecified atom stereocenters. The van der Waals surface area contributed by atoms with Crippen molar-refractivity contribution in [2.45, 2.75) is 10.6 Å². The SMILES string of the molecule is COc1cccc(CSc2cc(Br)ccc2C(=O)O)n1. The van der Waals surface area contributed by atoms with Gasteiger partial charge in [0.05, 0.1) is 18.4 Å².